The summed E-state index contributed by atoms with van der Waals surface area (Å²) in [7, 11) is 1.62. The van der Waals surface area contributed by atoms with E-state index in [1.165, 1.54) is 4.90 Å². The normalized spacial score (nSPS) is 17.5. The van der Waals surface area contributed by atoms with Crippen LogP contribution in [0.5, 0.6) is 0 Å². The van der Waals surface area contributed by atoms with Crippen LogP contribution in [0.2, 0.25) is 0 Å². The molecular formula is C20H25N3O5S. The number of esters is 1. The van der Waals surface area contributed by atoms with Crippen molar-refractivity contribution in [3.63, 3.8) is 0 Å². The van der Waals surface area contributed by atoms with Crippen LogP contribution >= 0.6 is 11.8 Å². The third-order valence-electron chi connectivity index (χ3n) is 5.35. The average molecular weight is 420 g/mol. The molecule has 1 aromatic carbocycles. The number of thioether (sulfide) groups is 1. The van der Waals surface area contributed by atoms with Crippen molar-refractivity contribution in [1.82, 2.24) is 15.1 Å². The van der Waals surface area contributed by atoms with Gasteiger partial charge in [-0.3, -0.25) is 19.3 Å². The number of rotatable bonds is 7. The molecular weight excluding hydrogens is 394 g/mol. The summed E-state index contributed by atoms with van der Waals surface area (Å²) in [5, 5.41) is 2.71. The Morgan fingerprint density at radius 1 is 1.21 bits per heavy atom. The topological polar surface area (TPSA) is 96.0 Å². The van der Waals surface area contributed by atoms with Gasteiger partial charge in [-0.1, -0.05) is 25.0 Å². The van der Waals surface area contributed by atoms with Crippen LogP contribution in [0.3, 0.4) is 0 Å². The maximum absolute atomic E-state index is 12.5. The highest BCUT2D eigenvalue weighted by molar-refractivity contribution is 7.98. The monoisotopic (exact) mass is 419 g/mol. The molecule has 1 aliphatic heterocycles. The molecule has 1 heterocycles. The zero-order chi connectivity index (χ0) is 21.0. The van der Waals surface area contributed by atoms with Gasteiger partial charge in [0.2, 0.25) is 0 Å². The number of nitrogens with zero attached hydrogens (tertiary/aromatic N) is 2. The van der Waals surface area contributed by atoms with Gasteiger partial charge in [-0.15, -0.1) is 11.8 Å². The Kier molecular flexibility index (Phi) is 6.46. The van der Waals surface area contributed by atoms with E-state index in [0.717, 1.165) is 28.2 Å². The molecule has 1 N–H and O–H groups in total. The first-order chi connectivity index (χ1) is 13.8. The summed E-state index contributed by atoms with van der Waals surface area (Å²) in [4.78, 5) is 52.4. The van der Waals surface area contributed by atoms with Crippen molar-refractivity contribution in [1.29, 1.82) is 0 Å². The Labute approximate surface area is 173 Å². The van der Waals surface area contributed by atoms with Gasteiger partial charge >= 0.3 is 12.0 Å². The van der Waals surface area contributed by atoms with Crippen LogP contribution in [-0.2, 0) is 25.7 Å². The second-order valence-electron chi connectivity index (χ2n) is 7.37. The van der Waals surface area contributed by atoms with Gasteiger partial charge in [-0.25, -0.2) is 4.79 Å². The fraction of sp³-hybridized carbons (Fsp3) is 0.500. The molecule has 8 nitrogen and oxygen atoms in total. The Bertz CT molecular complexity index is 805. The number of urea groups is 1. The standard InChI is InChI=1S/C20H25N3O5S/c1-22(11-14-5-7-15(29-2)8-6-14)16(24)13-28-17(25)12-23-18(26)20(21-19(23)27)9-3-4-10-20/h5-8H,3-4,9-13H2,1-2H3,(H,21,27). The second-order valence-corrected chi connectivity index (χ2v) is 8.25. The Balaban J connectivity index is 1.46. The number of benzene rings is 1. The number of hydrogen-bond donors (Lipinski definition) is 1. The van der Waals surface area contributed by atoms with Gasteiger partial charge in [0.15, 0.2) is 6.61 Å². The van der Waals surface area contributed by atoms with E-state index in [9.17, 15) is 19.2 Å². The Morgan fingerprint density at radius 2 is 1.86 bits per heavy atom. The number of imide groups is 1. The summed E-state index contributed by atoms with van der Waals surface area (Å²) >= 11 is 1.64. The van der Waals surface area contributed by atoms with Crippen molar-refractivity contribution in [3.8, 4) is 0 Å². The molecule has 1 saturated carbocycles. The van der Waals surface area contributed by atoms with Crippen LogP contribution in [0.1, 0.15) is 31.2 Å². The van der Waals surface area contributed by atoms with Crippen LogP contribution in [0.15, 0.2) is 29.2 Å². The van der Waals surface area contributed by atoms with Crippen LogP contribution in [-0.4, -0.2) is 65.6 Å². The molecule has 1 aliphatic carbocycles. The van der Waals surface area contributed by atoms with Crippen molar-refractivity contribution >= 4 is 35.6 Å². The van der Waals surface area contributed by atoms with Gasteiger partial charge in [0.05, 0.1) is 0 Å². The lowest BCUT2D eigenvalue weighted by Crippen LogP contribution is -2.44. The molecule has 9 heteroatoms. The quantitative estimate of drug-likeness (QED) is 0.411. The molecule has 1 aromatic rings. The van der Waals surface area contributed by atoms with E-state index in [2.05, 4.69) is 5.32 Å². The molecule has 29 heavy (non-hydrogen) atoms. The summed E-state index contributed by atoms with van der Waals surface area (Å²) in [6.45, 7) is -0.535. The lowest BCUT2D eigenvalue weighted by Gasteiger charge is -2.20. The molecule has 0 unspecified atom stereocenters. The van der Waals surface area contributed by atoms with Crippen molar-refractivity contribution < 1.29 is 23.9 Å². The molecule has 1 saturated heterocycles. The van der Waals surface area contributed by atoms with Gasteiger partial charge in [0.25, 0.3) is 11.8 Å². The highest BCUT2D eigenvalue weighted by atomic mass is 32.2. The van der Waals surface area contributed by atoms with E-state index >= 15 is 0 Å². The molecule has 0 atom stereocenters. The van der Waals surface area contributed by atoms with Crippen LogP contribution < -0.4 is 5.32 Å². The summed E-state index contributed by atoms with van der Waals surface area (Å²) in [5.41, 5.74) is 0.102. The van der Waals surface area contributed by atoms with E-state index < -0.39 is 30.7 Å². The number of carbonyl (C=O) groups is 4. The zero-order valence-electron chi connectivity index (χ0n) is 16.6. The van der Waals surface area contributed by atoms with Crippen LogP contribution in [0, 0.1) is 0 Å². The first-order valence-electron chi connectivity index (χ1n) is 9.51. The van der Waals surface area contributed by atoms with Crippen molar-refractivity contribution in [2.75, 3.05) is 26.5 Å². The lowest BCUT2D eigenvalue weighted by molar-refractivity contribution is -0.153. The number of amides is 4. The molecule has 0 bridgehead atoms. The molecule has 0 radical (unpaired) electrons. The zero-order valence-corrected chi connectivity index (χ0v) is 17.4. The number of hydrogen-bond acceptors (Lipinski definition) is 6. The van der Waals surface area contributed by atoms with Crippen molar-refractivity contribution in [2.24, 2.45) is 0 Å². The van der Waals surface area contributed by atoms with Gasteiger partial charge in [0, 0.05) is 18.5 Å². The smallest absolute Gasteiger partial charge is 0.326 e. The molecule has 2 fully saturated rings. The minimum absolute atomic E-state index is 0.364. The van der Waals surface area contributed by atoms with Gasteiger partial charge < -0.3 is 15.0 Å². The van der Waals surface area contributed by atoms with E-state index in [4.69, 9.17) is 4.74 Å². The summed E-state index contributed by atoms with van der Waals surface area (Å²) in [6.07, 6.45) is 4.90. The van der Waals surface area contributed by atoms with Crippen molar-refractivity contribution in [2.45, 2.75) is 42.7 Å². The first kappa shape index (κ1) is 21.2. The SMILES string of the molecule is CSc1ccc(CN(C)C(=O)COC(=O)CN2C(=O)NC3(CCCC3)C2=O)cc1. The molecule has 2 aliphatic rings. The number of likely N-dealkylation sites (N-methyl/N-ethyl adjacent to an activating group) is 1. The maximum atomic E-state index is 12.5. The predicted octanol–water partition coefficient (Wildman–Crippen LogP) is 1.77. The molecule has 1 spiro atoms. The average Bonchev–Trinajstić information content (AvgIpc) is 3.27. The van der Waals surface area contributed by atoms with E-state index in [-0.39, 0.29) is 11.8 Å². The van der Waals surface area contributed by atoms with Gasteiger partial charge in [-0.2, -0.15) is 0 Å². The number of carbonyl (C=O) groups excluding carboxylic acids is 4. The van der Waals surface area contributed by atoms with E-state index in [1.54, 1.807) is 18.8 Å². The summed E-state index contributed by atoms with van der Waals surface area (Å²) < 4.78 is 5.00. The lowest BCUT2D eigenvalue weighted by atomic mass is 9.98. The maximum Gasteiger partial charge on any atom is 0.326 e. The largest absolute Gasteiger partial charge is 0.454 e. The van der Waals surface area contributed by atoms with E-state index in [1.807, 2.05) is 30.5 Å². The summed E-state index contributed by atoms with van der Waals surface area (Å²) in [5.74, 6) is -1.53. The minimum atomic E-state index is -0.862. The van der Waals surface area contributed by atoms with Gasteiger partial charge in [0.1, 0.15) is 12.1 Å². The molecule has 0 aromatic heterocycles. The van der Waals surface area contributed by atoms with Crippen molar-refractivity contribution in [3.05, 3.63) is 29.8 Å². The molecule has 4 amide bonds. The fourth-order valence-electron chi connectivity index (χ4n) is 3.66. The Morgan fingerprint density at radius 3 is 2.48 bits per heavy atom. The molecule has 156 valence electrons. The first-order valence-corrected chi connectivity index (χ1v) is 10.7. The Hall–Kier alpha value is -2.55. The number of ether oxygens (including phenoxy) is 1. The highest BCUT2D eigenvalue weighted by Crippen LogP contribution is 2.34. The van der Waals surface area contributed by atoms with E-state index in [0.29, 0.717) is 19.4 Å². The summed E-state index contributed by atoms with van der Waals surface area (Å²) in [6, 6.07) is 7.27. The second kappa shape index (κ2) is 8.86. The fourth-order valence-corrected chi connectivity index (χ4v) is 4.07. The highest BCUT2D eigenvalue weighted by Gasteiger charge is 2.52. The van der Waals surface area contributed by atoms with Crippen LogP contribution in [0.25, 0.3) is 0 Å². The predicted molar refractivity (Wildman–Crippen MR) is 107 cm³/mol. The van der Waals surface area contributed by atoms with Gasteiger partial charge in [-0.05, 0) is 36.8 Å². The van der Waals surface area contributed by atoms with Crippen LogP contribution in [0.4, 0.5) is 4.79 Å². The minimum Gasteiger partial charge on any atom is -0.454 e. The third-order valence-corrected chi connectivity index (χ3v) is 6.09. The number of nitrogens with one attached hydrogen (secondary N) is 1. The molecule has 3 rings (SSSR count). The third kappa shape index (κ3) is 4.72.